The summed E-state index contributed by atoms with van der Waals surface area (Å²) >= 11 is 0. The Kier molecular flexibility index (Phi) is 3.95. The number of hydrogen-bond acceptors (Lipinski definition) is 4. The van der Waals surface area contributed by atoms with E-state index in [0.717, 1.165) is 6.42 Å². The van der Waals surface area contributed by atoms with Crippen LogP contribution in [-0.4, -0.2) is 37.6 Å². The molecule has 0 spiro atoms. The molecule has 1 atom stereocenters. The van der Waals surface area contributed by atoms with E-state index in [2.05, 4.69) is 0 Å². The molecule has 0 N–H and O–H groups in total. The Labute approximate surface area is 131 Å². The minimum atomic E-state index is -0.700. The molecule has 0 radical (unpaired) electrons. The van der Waals surface area contributed by atoms with Crippen molar-refractivity contribution in [3.63, 3.8) is 0 Å². The average Bonchev–Trinajstić information content (AvgIpc) is 2.96. The summed E-state index contributed by atoms with van der Waals surface area (Å²) < 4.78 is 37.1. The lowest BCUT2D eigenvalue weighted by Gasteiger charge is -2.32. The van der Waals surface area contributed by atoms with E-state index in [1.54, 1.807) is 12.1 Å². The molecule has 0 saturated carbocycles. The quantitative estimate of drug-likeness (QED) is 0.803. The highest BCUT2D eigenvalue weighted by molar-refractivity contribution is 6.62. The van der Waals surface area contributed by atoms with Crippen LogP contribution in [0.25, 0.3) is 0 Å². The molecule has 0 amide bonds. The Morgan fingerprint density at radius 1 is 1.18 bits per heavy atom. The first-order chi connectivity index (χ1) is 10.3. The topological polar surface area (TPSA) is 36.9 Å². The molecule has 0 bridgehead atoms. The van der Waals surface area contributed by atoms with Gasteiger partial charge in [-0.2, -0.15) is 0 Å². The Morgan fingerprint density at radius 2 is 1.86 bits per heavy atom. The number of halogens is 1. The highest BCUT2D eigenvalue weighted by atomic mass is 19.1. The number of benzene rings is 1. The van der Waals surface area contributed by atoms with Gasteiger partial charge in [0.25, 0.3) is 0 Å². The lowest BCUT2D eigenvalue weighted by molar-refractivity contribution is 0.00578. The van der Waals surface area contributed by atoms with Crippen molar-refractivity contribution in [2.24, 2.45) is 0 Å². The van der Waals surface area contributed by atoms with E-state index in [-0.39, 0.29) is 11.9 Å². The van der Waals surface area contributed by atoms with Crippen LogP contribution in [0.3, 0.4) is 0 Å². The van der Waals surface area contributed by atoms with Crippen molar-refractivity contribution in [3.8, 4) is 5.75 Å². The summed E-state index contributed by atoms with van der Waals surface area (Å²) in [7, 11) is -0.700. The molecule has 2 saturated heterocycles. The van der Waals surface area contributed by atoms with Crippen LogP contribution in [0.4, 0.5) is 4.39 Å². The summed E-state index contributed by atoms with van der Waals surface area (Å²) in [5.41, 5.74) is -0.574. The van der Waals surface area contributed by atoms with Crippen LogP contribution in [-0.2, 0) is 14.0 Å². The number of rotatable bonds is 3. The molecule has 0 aliphatic carbocycles. The maximum atomic E-state index is 14.4. The third kappa shape index (κ3) is 2.87. The highest BCUT2D eigenvalue weighted by Gasteiger charge is 2.52. The van der Waals surface area contributed by atoms with Gasteiger partial charge in [0.15, 0.2) is 0 Å². The van der Waals surface area contributed by atoms with Gasteiger partial charge in [0.05, 0.1) is 24.4 Å². The van der Waals surface area contributed by atoms with E-state index in [9.17, 15) is 4.39 Å². The van der Waals surface area contributed by atoms with Gasteiger partial charge in [0.1, 0.15) is 17.7 Å². The minimum absolute atomic E-state index is 0.00194. The van der Waals surface area contributed by atoms with E-state index in [1.807, 2.05) is 27.7 Å². The summed E-state index contributed by atoms with van der Waals surface area (Å²) in [5, 5.41) is 0. The van der Waals surface area contributed by atoms with Crippen LogP contribution < -0.4 is 10.2 Å². The molecule has 0 aromatic heterocycles. The molecule has 3 rings (SSSR count). The Bertz CT molecular complexity index is 539. The molecule has 4 nitrogen and oxygen atoms in total. The summed E-state index contributed by atoms with van der Waals surface area (Å²) in [4.78, 5) is 0. The van der Waals surface area contributed by atoms with Crippen LogP contribution in [0.15, 0.2) is 18.2 Å². The average molecular weight is 308 g/mol. The molecular formula is C16H22BFO4. The molecular weight excluding hydrogens is 286 g/mol. The van der Waals surface area contributed by atoms with Crippen molar-refractivity contribution >= 4 is 12.6 Å². The largest absolute Gasteiger partial charge is 0.497 e. The van der Waals surface area contributed by atoms with Gasteiger partial charge < -0.3 is 18.8 Å². The molecule has 1 aromatic carbocycles. The van der Waals surface area contributed by atoms with Gasteiger partial charge in [0, 0.05) is 17.9 Å². The third-order valence-electron chi connectivity index (χ3n) is 4.67. The van der Waals surface area contributed by atoms with Crippen LogP contribution in [0.5, 0.6) is 5.75 Å². The van der Waals surface area contributed by atoms with Crippen molar-refractivity contribution in [2.75, 3.05) is 13.2 Å². The highest BCUT2D eigenvalue weighted by Crippen LogP contribution is 2.36. The Balaban J connectivity index is 1.75. The molecule has 2 aliphatic rings. The Hall–Kier alpha value is -1.11. The van der Waals surface area contributed by atoms with E-state index >= 15 is 0 Å². The number of hydrogen-bond donors (Lipinski definition) is 0. The molecule has 2 heterocycles. The molecule has 6 heteroatoms. The second-order valence-corrected chi connectivity index (χ2v) is 6.88. The first-order valence-electron chi connectivity index (χ1n) is 7.68. The van der Waals surface area contributed by atoms with Crippen molar-refractivity contribution in [3.05, 3.63) is 24.0 Å². The smallest absolute Gasteiger partial charge is 0.488 e. The summed E-state index contributed by atoms with van der Waals surface area (Å²) in [6.07, 6.45) is 0.836. The van der Waals surface area contributed by atoms with Crippen molar-refractivity contribution in [2.45, 2.75) is 51.4 Å². The predicted molar refractivity (Wildman–Crippen MR) is 82.0 cm³/mol. The van der Waals surface area contributed by atoms with Gasteiger partial charge in [-0.15, -0.1) is 0 Å². The van der Waals surface area contributed by atoms with Crippen LogP contribution in [0.1, 0.15) is 34.1 Å². The van der Waals surface area contributed by atoms with Gasteiger partial charge in [-0.05, 0) is 33.8 Å². The van der Waals surface area contributed by atoms with E-state index in [1.165, 1.54) is 6.07 Å². The van der Waals surface area contributed by atoms with Crippen LogP contribution >= 0.6 is 0 Å². The van der Waals surface area contributed by atoms with Crippen LogP contribution in [0, 0.1) is 5.82 Å². The predicted octanol–water partition coefficient (Wildman–Crippen LogP) is 2.29. The van der Waals surface area contributed by atoms with Gasteiger partial charge >= 0.3 is 7.12 Å². The van der Waals surface area contributed by atoms with Gasteiger partial charge in [-0.25, -0.2) is 4.39 Å². The third-order valence-corrected chi connectivity index (χ3v) is 4.67. The summed E-state index contributed by atoms with van der Waals surface area (Å²) in [6, 6.07) is 4.81. The summed E-state index contributed by atoms with van der Waals surface area (Å²) in [6.45, 7) is 9.04. The second-order valence-electron chi connectivity index (χ2n) is 6.88. The van der Waals surface area contributed by atoms with Gasteiger partial charge in [-0.3, -0.25) is 0 Å². The number of ether oxygens (including phenoxy) is 2. The minimum Gasteiger partial charge on any atom is -0.488 e. The molecule has 2 fully saturated rings. The maximum absolute atomic E-state index is 14.4. The zero-order valence-corrected chi connectivity index (χ0v) is 13.5. The SMILES string of the molecule is CC1(C)OB(c2ccc(O[C@H]3CCOC3)cc2F)OC1(C)C. The lowest BCUT2D eigenvalue weighted by atomic mass is 9.78. The second kappa shape index (κ2) is 5.51. The fourth-order valence-corrected chi connectivity index (χ4v) is 2.54. The maximum Gasteiger partial charge on any atom is 0.497 e. The van der Waals surface area contributed by atoms with Gasteiger partial charge in [0.2, 0.25) is 0 Å². The molecule has 2 aliphatic heterocycles. The lowest BCUT2D eigenvalue weighted by Crippen LogP contribution is -2.41. The standard InChI is InChI=1S/C16H22BFO4/c1-15(2)16(3,4)22-17(21-15)13-6-5-11(9-14(13)18)20-12-7-8-19-10-12/h5-6,9,12H,7-8,10H2,1-4H3/t12-/m0/s1. The zero-order valence-electron chi connectivity index (χ0n) is 13.5. The fourth-order valence-electron chi connectivity index (χ4n) is 2.54. The normalized spacial score (nSPS) is 26.4. The zero-order chi connectivity index (χ0) is 16.0. The van der Waals surface area contributed by atoms with E-state index in [4.69, 9.17) is 18.8 Å². The molecule has 120 valence electrons. The van der Waals surface area contributed by atoms with Crippen molar-refractivity contribution in [1.29, 1.82) is 0 Å². The van der Waals surface area contributed by atoms with Crippen LogP contribution in [0.2, 0.25) is 0 Å². The molecule has 1 aromatic rings. The first-order valence-corrected chi connectivity index (χ1v) is 7.68. The Morgan fingerprint density at radius 3 is 2.41 bits per heavy atom. The molecule has 22 heavy (non-hydrogen) atoms. The van der Waals surface area contributed by atoms with E-state index < -0.39 is 18.3 Å². The monoisotopic (exact) mass is 308 g/mol. The summed E-state index contributed by atoms with van der Waals surface area (Å²) in [5.74, 6) is 0.128. The first kappa shape index (κ1) is 15.8. The fraction of sp³-hybridized carbons (Fsp3) is 0.625. The van der Waals surface area contributed by atoms with E-state index in [0.29, 0.717) is 24.4 Å². The van der Waals surface area contributed by atoms with Crippen molar-refractivity contribution < 1.29 is 23.2 Å². The van der Waals surface area contributed by atoms with Crippen molar-refractivity contribution in [1.82, 2.24) is 0 Å². The van der Waals surface area contributed by atoms with Gasteiger partial charge in [-0.1, -0.05) is 6.07 Å². The molecule has 0 unspecified atom stereocenters.